The normalized spacial score (nSPS) is 13.8. The monoisotopic (exact) mass is 285 g/mol. The maximum absolute atomic E-state index is 12.2. The first kappa shape index (κ1) is 15.9. The Hall–Kier alpha value is -1.11. The number of hydrogen-bond donors (Lipinski definition) is 2. The molecular weight excluding hydrogens is 262 g/mol. The molecule has 0 aliphatic carbocycles. The van der Waals surface area contributed by atoms with Crippen LogP contribution in [0.4, 0.5) is 5.69 Å². The number of sulfonamides is 1. The summed E-state index contributed by atoms with van der Waals surface area (Å²) in [4.78, 5) is 0.277. The molecule has 0 amide bonds. The zero-order valence-electron chi connectivity index (χ0n) is 11.9. The molecule has 1 unspecified atom stereocenters. The van der Waals surface area contributed by atoms with Crippen molar-refractivity contribution in [2.24, 2.45) is 11.7 Å². The van der Waals surface area contributed by atoms with Crippen molar-refractivity contribution in [2.45, 2.75) is 24.8 Å². The molecule has 1 aromatic rings. The zero-order chi connectivity index (χ0) is 14.6. The lowest BCUT2D eigenvalue weighted by Gasteiger charge is -2.24. The van der Waals surface area contributed by atoms with Crippen molar-refractivity contribution in [1.82, 2.24) is 4.31 Å². The Labute approximate surface area is 115 Å². The summed E-state index contributed by atoms with van der Waals surface area (Å²) in [6.07, 6.45) is 0. The van der Waals surface area contributed by atoms with Crippen LogP contribution in [-0.2, 0) is 10.0 Å². The first-order valence-electron chi connectivity index (χ1n) is 6.29. The highest BCUT2D eigenvalue weighted by Gasteiger charge is 2.22. The minimum absolute atomic E-state index is 0.0403. The second-order valence-corrected chi connectivity index (χ2v) is 7.13. The van der Waals surface area contributed by atoms with Crippen LogP contribution in [0.15, 0.2) is 29.2 Å². The molecule has 0 fully saturated rings. The van der Waals surface area contributed by atoms with E-state index in [1.54, 1.807) is 18.2 Å². The van der Waals surface area contributed by atoms with E-state index in [0.717, 1.165) is 0 Å². The smallest absolute Gasteiger partial charge is 0.244 e. The predicted molar refractivity (Wildman–Crippen MR) is 78.6 cm³/mol. The molecule has 108 valence electrons. The molecule has 1 rings (SSSR count). The predicted octanol–water partition coefficient (Wildman–Crippen LogP) is 1.33. The maximum Gasteiger partial charge on any atom is 0.244 e. The number of nitrogens with one attached hydrogen (secondary N) is 1. The first-order chi connectivity index (χ1) is 8.80. The Morgan fingerprint density at radius 1 is 1.26 bits per heavy atom. The summed E-state index contributed by atoms with van der Waals surface area (Å²) in [5.41, 5.74) is 6.32. The minimum Gasteiger partial charge on any atom is -0.380 e. The van der Waals surface area contributed by atoms with E-state index in [1.165, 1.54) is 18.4 Å². The van der Waals surface area contributed by atoms with Gasteiger partial charge in [-0.1, -0.05) is 26.0 Å². The van der Waals surface area contributed by atoms with Gasteiger partial charge < -0.3 is 11.1 Å². The van der Waals surface area contributed by atoms with Gasteiger partial charge in [-0.05, 0) is 18.1 Å². The molecule has 5 nitrogen and oxygen atoms in total. The molecule has 0 saturated carbocycles. The largest absolute Gasteiger partial charge is 0.380 e. The summed E-state index contributed by atoms with van der Waals surface area (Å²) in [7, 11) is -0.411. The van der Waals surface area contributed by atoms with Gasteiger partial charge in [-0.3, -0.25) is 0 Å². The molecule has 0 heterocycles. The van der Waals surface area contributed by atoms with Crippen LogP contribution in [0.2, 0.25) is 0 Å². The summed E-state index contributed by atoms with van der Waals surface area (Å²) in [5, 5.41) is 3.23. The molecule has 0 aliphatic rings. The van der Waals surface area contributed by atoms with Gasteiger partial charge in [0.1, 0.15) is 4.90 Å². The third-order valence-corrected chi connectivity index (χ3v) is 4.92. The number of hydrogen-bond acceptors (Lipinski definition) is 4. The SMILES string of the molecule is CC(C)C(CN)Nc1ccccc1S(=O)(=O)N(C)C. The maximum atomic E-state index is 12.2. The Morgan fingerprint density at radius 3 is 2.32 bits per heavy atom. The van der Waals surface area contributed by atoms with Crippen molar-refractivity contribution >= 4 is 15.7 Å². The summed E-state index contributed by atoms with van der Waals surface area (Å²) in [5.74, 6) is 0.320. The van der Waals surface area contributed by atoms with Crippen molar-refractivity contribution in [3.8, 4) is 0 Å². The molecule has 0 bridgehead atoms. The van der Waals surface area contributed by atoms with Crippen LogP contribution in [0.25, 0.3) is 0 Å². The van der Waals surface area contributed by atoms with Crippen LogP contribution in [0.1, 0.15) is 13.8 Å². The zero-order valence-corrected chi connectivity index (χ0v) is 12.7. The topological polar surface area (TPSA) is 75.4 Å². The number of para-hydroxylation sites is 1. The van der Waals surface area contributed by atoms with E-state index in [-0.39, 0.29) is 10.9 Å². The Bertz CT molecular complexity index is 512. The van der Waals surface area contributed by atoms with Gasteiger partial charge in [0.25, 0.3) is 0 Å². The Morgan fingerprint density at radius 2 is 1.84 bits per heavy atom. The highest BCUT2D eigenvalue weighted by molar-refractivity contribution is 7.89. The average molecular weight is 285 g/mol. The van der Waals surface area contributed by atoms with Crippen LogP contribution < -0.4 is 11.1 Å². The van der Waals surface area contributed by atoms with Gasteiger partial charge in [0.2, 0.25) is 10.0 Å². The van der Waals surface area contributed by atoms with Gasteiger partial charge in [-0.15, -0.1) is 0 Å². The van der Waals surface area contributed by atoms with Crippen molar-refractivity contribution < 1.29 is 8.42 Å². The summed E-state index contributed by atoms with van der Waals surface area (Å²) < 4.78 is 25.7. The van der Waals surface area contributed by atoms with E-state index < -0.39 is 10.0 Å². The molecule has 1 aromatic carbocycles. The van der Waals surface area contributed by atoms with Crippen LogP contribution in [0, 0.1) is 5.92 Å². The second-order valence-electron chi connectivity index (χ2n) is 5.01. The van der Waals surface area contributed by atoms with Gasteiger partial charge in [0.05, 0.1) is 5.69 Å². The number of nitrogens with two attached hydrogens (primary N) is 1. The van der Waals surface area contributed by atoms with Crippen molar-refractivity contribution in [2.75, 3.05) is 26.0 Å². The minimum atomic E-state index is -3.46. The standard InChI is InChI=1S/C13H23N3O2S/c1-10(2)12(9-14)15-11-7-5-6-8-13(11)19(17,18)16(3)4/h5-8,10,12,15H,9,14H2,1-4H3. The molecular formula is C13H23N3O2S. The van der Waals surface area contributed by atoms with Crippen molar-refractivity contribution in [3.63, 3.8) is 0 Å². The summed E-state index contributed by atoms with van der Waals surface area (Å²) in [6, 6.07) is 6.94. The van der Waals surface area contributed by atoms with Gasteiger partial charge in [0, 0.05) is 26.7 Å². The van der Waals surface area contributed by atoms with Crippen LogP contribution in [-0.4, -0.2) is 39.4 Å². The van der Waals surface area contributed by atoms with E-state index in [0.29, 0.717) is 18.2 Å². The van der Waals surface area contributed by atoms with Crippen molar-refractivity contribution in [1.29, 1.82) is 0 Å². The lowest BCUT2D eigenvalue weighted by molar-refractivity contribution is 0.517. The molecule has 0 spiro atoms. The van der Waals surface area contributed by atoms with Crippen molar-refractivity contribution in [3.05, 3.63) is 24.3 Å². The fraction of sp³-hybridized carbons (Fsp3) is 0.538. The van der Waals surface area contributed by atoms with Gasteiger partial charge >= 0.3 is 0 Å². The average Bonchev–Trinajstić information content (AvgIpc) is 2.35. The first-order valence-corrected chi connectivity index (χ1v) is 7.73. The number of rotatable bonds is 6. The van der Waals surface area contributed by atoms with Crippen LogP contribution in [0.5, 0.6) is 0 Å². The third kappa shape index (κ3) is 3.68. The van der Waals surface area contributed by atoms with Gasteiger partial charge in [0.15, 0.2) is 0 Å². The molecule has 0 aromatic heterocycles. The van der Waals surface area contributed by atoms with Gasteiger partial charge in [-0.25, -0.2) is 12.7 Å². The van der Waals surface area contributed by atoms with E-state index in [1.807, 2.05) is 19.9 Å². The highest BCUT2D eigenvalue weighted by atomic mass is 32.2. The summed E-state index contributed by atoms with van der Waals surface area (Å²) in [6.45, 7) is 4.55. The molecule has 6 heteroatoms. The van der Waals surface area contributed by atoms with E-state index in [4.69, 9.17) is 5.73 Å². The number of anilines is 1. The summed E-state index contributed by atoms with van der Waals surface area (Å²) >= 11 is 0. The van der Waals surface area contributed by atoms with Gasteiger partial charge in [-0.2, -0.15) is 0 Å². The molecule has 0 saturated heterocycles. The van der Waals surface area contributed by atoms with Crippen LogP contribution >= 0.6 is 0 Å². The Kier molecular flexibility index (Phi) is 5.34. The quantitative estimate of drug-likeness (QED) is 0.827. The molecule has 1 atom stereocenters. The molecule has 3 N–H and O–H groups in total. The van der Waals surface area contributed by atoms with E-state index in [9.17, 15) is 8.42 Å². The lowest BCUT2D eigenvalue weighted by atomic mass is 10.0. The fourth-order valence-corrected chi connectivity index (χ4v) is 2.75. The molecule has 19 heavy (non-hydrogen) atoms. The highest BCUT2D eigenvalue weighted by Crippen LogP contribution is 2.24. The van der Waals surface area contributed by atoms with E-state index >= 15 is 0 Å². The lowest BCUT2D eigenvalue weighted by Crippen LogP contribution is -2.34. The molecule has 0 radical (unpaired) electrons. The second kappa shape index (κ2) is 6.36. The number of benzene rings is 1. The fourth-order valence-electron chi connectivity index (χ4n) is 1.71. The number of nitrogens with zero attached hydrogens (tertiary/aromatic N) is 1. The molecule has 0 aliphatic heterocycles. The van der Waals surface area contributed by atoms with Crippen LogP contribution in [0.3, 0.4) is 0 Å². The van der Waals surface area contributed by atoms with E-state index in [2.05, 4.69) is 5.32 Å². The Balaban J connectivity index is 3.17. The third-order valence-electron chi connectivity index (χ3n) is 3.05.